The molecule has 31 heavy (non-hydrogen) atoms. The monoisotopic (exact) mass is 443 g/mol. The summed E-state index contributed by atoms with van der Waals surface area (Å²) in [7, 11) is 0.823. The van der Waals surface area contributed by atoms with Crippen molar-refractivity contribution in [2.24, 2.45) is 14.1 Å². The molecule has 0 saturated carbocycles. The number of allylic oxidation sites excluding steroid dienone is 1. The van der Waals surface area contributed by atoms with E-state index in [1.807, 2.05) is 32.4 Å². The fourth-order valence-electron chi connectivity index (χ4n) is 4.35. The van der Waals surface area contributed by atoms with Gasteiger partial charge in [-0.25, -0.2) is 9.55 Å². The molecule has 4 aromatic heterocycles. The van der Waals surface area contributed by atoms with Gasteiger partial charge in [-0.15, -0.1) is 0 Å². The van der Waals surface area contributed by atoms with Crippen molar-refractivity contribution in [2.45, 2.75) is 19.6 Å². The van der Waals surface area contributed by atoms with Crippen LogP contribution in [0.25, 0.3) is 39.3 Å². The first kappa shape index (κ1) is 20.0. The summed E-state index contributed by atoms with van der Waals surface area (Å²) in [4.78, 5) is 23.2. The van der Waals surface area contributed by atoms with Crippen LogP contribution in [-0.2, 0) is 41.1 Å². The Labute approximate surface area is 177 Å². The van der Waals surface area contributed by atoms with Gasteiger partial charge in [0.2, 0.25) is 0 Å². The van der Waals surface area contributed by atoms with Crippen molar-refractivity contribution in [3.8, 4) is 11.3 Å². The van der Waals surface area contributed by atoms with Crippen LogP contribution in [-0.4, -0.2) is 40.8 Å². The van der Waals surface area contributed by atoms with E-state index in [1.54, 1.807) is 28.8 Å². The van der Waals surface area contributed by atoms with Crippen molar-refractivity contribution >= 4 is 35.8 Å². The summed E-state index contributed by atoms with van der Waals surface area (Å²) < 4.78 is 27.3. The molecule has 0 fully saturated rings. The van der Waals surface area contributed by atoms with Gasteiger partial charge >= 0.3 is 7.82 Å². The minimum atomic E-state index is -4.68. The van der Waals surface area contributed by atoms with Crippen LogP contribution < -0.4 is 0 Å². The molecule has 5 rings (SSSR count). The van der Waals surface area contributed by atoms with E-state index in [-0.39, 0.29) is 6.73 Å². The first-order valence-electron chi connectivity index (χ1n) is 9.70. The number of fused-ring (bicyclic) bond motifs is 4. The number of nitrogens with zero attached hydrogens (tertiary/aromatic N) is 5. The number of phosphoric acid groups is 1. The highest BCUT2D eigenvalue weighted by Crippen LogP contribution is 2.41. The van der Waals surface area contributed by atoms with Gasteiger partial charge in [-0.1, -0.05) is 0 Å². The van der Waals surface area contributed by atoms with E-state index < -0.39 is 7.82 Å². The van der Waals surface area contributed by atoms with Crippen LogP contribution >= 0.6 is 7.82 Å². The molecule has 0 radical (unpaired) electrons. The van der Waals surface area contributed by atoms with Crippen LogP contribution in [0.3, 0.4) is 0 Å². The first-order chi connectivity index (χ1) is 14.8. The summed E-state index contributed by atoms with van der Waals surface area (Å²) in [6, 6.07) is 1.97. The Kier molecular flexibility index (Phi) is 4.56. The summed E-state index contributed by atoms with van der Waals surface area (Å²) in [6.45, 7) is -0.343. The van der Waals surface area contributed by atoms with Gasteiger partial charge in [0.1, 0.15) is 12.4 Å². The number of ether oxygens (including phenoxy) is 1. The van der Waals surface area contributed by atoms with Gasteiger partial charge in [-0.2, -0.15) is 5.10 Å². The maximum atomic E-state index is 11.4. The van der Waals surface area contributed by atoms with Crippen molar-refractivity contribution in [3.63, 3.8) is 0 Å². The summed E-state index contributed by atoms with van der Waals surface area (Å²) in [5, 5.41) is 6.03. The second-order valence-electron chi connectivity index (χ2n) is 7.60. The van der Waals surface area contributed by atoms with Gasteiger partial charge in [-0.05, 0) is 18.6 Å². The number of hydrogen-bond donors (Lipinski definition) is 2. The largest absolute Gasteiger partial charge is 0.501 e. The molecule has 0 spiro atoms. The summed E-state index contributed by atoms with van der Waals surface area (Å²) >= 11 is 0. The van der Waals surface area contributed by atoms with Gasteiger partial charge in [-0.3, -0.25) is 9.21 Å². The molecule has 0 saturated heterocycles. The Hall–Kier alpha value is -2.91. The lowest BCUT2D eigenvalue weighted by molar-refractivity contribution is 0.157. The Morgan fingerprint density at radius 1 is 1.23 bits per heavy atom. The Morgan fingerprint density at radius 2 is 2.03 bits per heavy atom. The fourth-order valence-corrected chi connectivity index (χ4v) is 4.61. The molecule has 0 amide bonds. The predicted molar refractivity (Wildman–Crippen MR) is 115 cm³/mol. The number of rotatable bonds is 5. The molecule has 10 nitrogen and oxygen atoms in total. The van der Waals surface area contributed by atoms with Crippen LogP contribution in [0.2, 0.25) is 0 Å². The van der Waals surface area contributed by atoms with E-state index in [0.29, 0.717) is 5.65 Å². The average molecular weight is 443 g/mol. The van der Waals surface area contributed by atoms with Crippen LogP contribution in [0.5, 0.6) is 0 Å². The van der Waals surface area contributed by atoms with Gasteiger partial charge in [0.15, 0.2) is 0 Å². The van der Waals surface area contributed by atoms with Gasteiger partial charge in [0.05, 0.1) is 30.3 Å². The third-order valence-corrected chi connectivity index (χ3v) is 6.22. The molecule has 0 bridgehead atoms. The lowest BCUT2D eigenvalue weighted by atomic mass is 9.99. The van der Waals surface area contributed by atoms with Crippen LogP contribution in [0, 0.1) is 0 Å². The normalized spacial score (nSPS) is 14.3. The van der Waals surface area contributed by atoms with Crippen molar-refractivity contribution < 1.29 is 23.6 Å². The SMILES string of the molecule is COC1=Cc2c(-c3cc4c5c(cnc4n3COP(=O)(O)O)cnn5C)cn(C)c2CC1. The zero-order chi connectivity index (χ0) is 21.9. The average Bonchev–Trinajstić information content (AvgIpc) is 3.38. The second kappa shape index (κ2) is 7.06. The number of methoxy groups -OCH3 is 1. The molecule has 11 heteroatoms. The topological polar surface area (TPSA) is 117 Å². The van der Waals surface area contributed by atoms with Crippen molar-refractivity contribution in [2.75, 3.05) is 7.11 Å². The minimum Gasteiger partial charge on any atom is -0.501 e. The van der Waals surface area contributed by atoms with Gasteiger partial charge < -0.3 is 23.7 Å². The highest BCUT2D eigenvalue weighted by molar-refractivity contribution is 7.46. The fraction of sp³-hybridized carbons (Fsp3) is 0.300. The van der Waals surface area contributed by atoms with Gasteiger partial charge in [0.25, 0.3) is 0 Å². The summed E-state index contributed by atoms with van der Waals surface area (Å²) in [6.07, 6.45) is 9.14. The van der Waals surface area contributed by atoms with Crippen molar-refractivity contribution in [1.29, 1.82) is 0 Å². The molecular formula is C20H22N5O5P. The third kappa shape index (κ3) is 3.28. The number of phosphoric ester groups is 1. The Morgan fingerprint density at radius 3 is 2.77 bits per heavy atom. The Balaban J connectivity index is 1.79. The highest BCUT2D eigenvalue weighted by Gasteiger charge is 2.25. The number of aromatic nitrogens is 5. The van der Waals surface area contributed by atoms with Crippen LogP contribution in [0.15, 0.2) is 30.4 Å². The molecule has 0 atom stereocenters. The molecule has 0 aliphatic heterocycles. The lowest BCUT2D eigenvalue weighted by Gasteiger charge is -2.15. The molecule has 162 valence electrons. The van der Waals surface area contributed by atoms with E-state index in [1.165, 1.54) is 5.69 Å². The molecule has 0 unspecified atom stereocenters. The first-order valence-corrected chi connectivity index (χ1v) is 11.2. The highest BCUT2D eigenvalue weighted by atomic mass is 31.2. The maximum Gasteiger partial charge on any atom is 0.471 e. The number of hydrogen-bond acceptors (Lipinski definition) is 5. The third-order valence-electron chi connectivity index (χ3n) is 5.77. The van der Waals surface area contributed by atoms with E-state index in [2.05, 4.69) is 14.6 Å². The van der Waals surface area contributed by atoms with Crippen LogP contribution in [0.4, 0.5) is 0 Å². The van der Waals surface area contributed by atoms with E-state index in [9.17, 15) is 14.4 Å². The summed E-state index contributed by atoms with van der Waals surface area (Å²) in [5.41, 5.74) is 5.29. The maximum absolute atomic E-state index is 11.4. The molecular weight excluding hydrogens is 421 g/mol. The van der Waals surface area contributed by atoms with Crippen LogP contribution in [0.1, 0.15) is 17.7 Å². The molecule has 1 aliphatic rings. The van der Waals surface area contributed by atoms with Gasteiger partial charge in [0, 0.05) is 60.5 Å². The van der Waals surface area contributed by atoms with E-state index in [0.717, 1.165) is 51.7 Å². The molecule has 2 N–H and O–H groups in total. The minimum absolute atomic E-state index is 0.343. The van der Waals surface area contributed by atoms with Crippen molar-refractivity contribution in [1.82, 2.24) is 23.9 Å². The predicted octanol–water partition coefficient (Wildman–Crippen LogP) is 2.93. The Bertz CT molecular complexity index is 1410. The quantitative estimate of drug-likeness (QED) is 0.456. The smallest absolute Gasteiger partial charge is 0.471 e. The zero-order valence-corrected chi connectivity index (χ0v) is 18.2. The van der Waals surface area contributed by atoms with Crippen molar-refractivity contribution in [3.05, 3.63) is 41.7 Å². The molecule has 4 aromatic rings. The second-order valence-corrected chi connectivity index (χ2v) is 8.84. The molecule has 4 heterocycles. The van der Waals surface area contributed by atoms with E-state index in [4.69, 9.17) is 9.26 Å². The molecule has 0 aromatic carbocycles. The standard InChI is InChI=1S/C20H22N5O5P/c1-23-10-16(14-6-13(29-3)4-5-17(14)23)18-7-15-19-12(9-22-24(19)2)8-21-20(15)25(18)11-30-31(26,27)28/h6-10H,4-5,11H2,1-3H3,(H2,26,27,28). The van der Waals surface area contributed by atoms with E-state index >= 15 is 0 Å². The summed E-state index contributed by atoms with van der Waals surface area (Å²) in [5.74, 6) is 0.890. The lowest BCUT2D eigenvalue weighted by Crippen LogP contribution is -2.05. The number of pyridine rings is 1. The zero-order valence-electron chi connectivity index (χ0n) is 17.3. The number of aryl methyl sites for hydroxylation is 2. The molecule has 1 aliphatic carbocycles.